The van der Waals surface area contributed by atoms with Gasteiger partial charge in [0, 0.05) is 25.2 Å². The maximum Gasteiger partial charge on any atom is 0.119 e. The summed E-state index contributed by atoms with van der Waals surface area (Å²) in [7, 11) is 3.76. The predicted octanol–water partition coefficient (Wildman–Crippen LogP) is 3.08. The molecular formula is C17H28N2O. The summed E-state index contributed by atoms with van der Waals surface area (Å²) in [5.74, 6) is 1.86. The molecule has 1 atom stereocenters. The molecule has 20 heavy (non-hydrogen) atoms. The lowest BCUT2D eigenvalue weighted by molar-refractivity contribution is 0.192. The zero-order valence-electron chi connectivity index (χ0n) is 13.2. The first-order valence-electron chi connectivity index (χ1n) is 7.69. The monoisotopic (exact) mass is 276 g/mol. The van der Waals surface area contributed by atoms with Crippen LogP contribution < -0.4 is 10.1 Å². The Morgan fingerprint density at radius 3 is 2.65 bits per heavy atom. The Morgan fingerprint density at radius 1 is 1.35 bits per heavy atom. The number of methoxy groups -OCH3 is 1. The SMILES string of the molecule is CNC(CN(CC1CC1)C(C)C)c1cccc(OC)c1. The average Bonchev–Trinajstić information content (AvgIpc) is 3.27. The minimum absolute atomic E-state index is 0.353. The van der Waals surface area contributed by atoms with Gasteiger partial charge in [-0.05, 0) is 57.4 Å². The molecule has 3 nitrogen and oxygen atoms in total. The Bertz CT molecular complexity index is 415. The number of benzene rings is 1. The lowest BCUT2D eigenvalue weighted by atomic mass is 10.1. The number of ether oxygens (including phenoxy) is 1. The van der Waals surface area contributed by atoms with Crippen molar-refractivity contribution in [2.75, 3.05) is 27.2 Å². The number of hydrogen-bond donors (Lipinski definition) is 1. The topological polar surface area (TPSA) is 24.5 Å². The summed E-state index contributed by atoms with van der Waals surface area (Å²) in [5, 5.41) is 3.45. The van der Waals surface area contributed by atoms with Crippen LogP contribution >= 0.6 is 0 Å². The third kappa shape index (κ3) is 4.22. The third-order valence-corrected chi connectivity index (χ3v) is 4.18. The molecule has 0 aromatic heterocycles. The summed E-state index contributed by atoms with van der Waals surface area (Å²) >= 11 is 0. The standard InChI is InChI=1S/C17H28N2O/c1-13(2)19(11-14-8-9-14)12-17(18-3)15-6-5-7-16(10-15)20-4/h5-7,10,13-14,17-18H,8-9,11-12H2,1-4H3. The Balaban J connectivity index is 2.05. The third-order valence-electron chi connectivity index (χ3n) is 4.18. The molecule has 1 N–H and O–H groups in total. The molecule has 1 aliphatic rings. The van der Waals surface area contributed by atoms with Crippen molar-refractivity contribution in [3.8, 4) is 5.75 Å². The molecule has 0 aliphatic heterocycles. The smallest absolute Gasteiger partial charge is 0.119 e. The van der Waals surface area contributed by atoms with Crippen molar-refractivity contribution in [1.82, 2.24) is 10.2 Å². The van der Waals surface area contributed by atoms with Crippen LogP contribution in [0.4, 0.5) is 0 Å². The van der Waals surface area contributed by atoms with Gasteiger partial charge < -0.3 is 10.1 Å². The summed E-state index contributed by atoms with van der Waals surface area (Å²) in [4.78, 5) is 2.60. The highest BCUT2D eigenvalue weighted by atomic mass is 16.5. The van der Waals surface area contributed by atoms with E-state index in [0.717, 1.165) is 18.2 Å². The van der Waals surface area contributed by atoms with Crippen molar-refractivity contribution in [2.24, 2.45) is 5.92 Å². The second-order valence-corrected chi connectivity index (χ2v) is 6.11. The molecule has 1 saturated carbocycles. The van der Waals surface area contributed by atoms with Crippen LogP contribution in [0.2, 0.25) is 0 Å². The molecule has 1 aromatic carbocycles. The minimum atomic E-state index is 0.353. The first-order valence-corrected chi connectivity index (χ1v) is 7.69. The van der Waals surface area contributed by atoms with Gasteiger partial charge in [-0.25, -0.2) is 0 Å². The zero-order chi connectivity index (χ0) is 14.5. The Labute approximate surface area is 123 Å². The second kappa shape index (κ2) is 7.09. The fraction of sp³-hybridized carbons (Fsp3) is 0.647. The molecule has 3 heteroatoms. The van der Waals surface area contributed by atoms with Crippen molar-refractivity contribution in [1.29, 1.82) is 0 Å². The van der Waals surface area contributed by atoms with Gasteiger partial charge in [0.1, 0.15) is 5.75 Å². The van der Waals surface area contributed by atoms with E-state index in [4.69, 9.17) is 4.74 Å². The lowest BCUT2D eigenvalue weighted by Crippen LogP contribution is -2.39. The van der Waals surface area contributed by atoms with Gasteiger partial charge in [-0.1, -0.05) is 12.1 Å². The summed E-state index contributed by atoms with van der Waals surface area (Å²) in [6.07, 6.45) is 2.82. The molecule has 112 valence electrons. The highest BCUT2D eigenvalue weighted by Crippen LogP contribution is 2.31. The van der Waals surface area contributed by atoms with Gasteiger partial charge in [0.15, 0.2) is 0 Å². The van der Waals surface area contributed by atoms with Crippen LogP contribution in [0, 0.1) is 5.92 Å². The van der Waals surface area contributed by atoms with Crippen LogP contribution in [0.25, 0.3) is 0 Å². The minimum Gasteiger partial charge on any atom is -0.497 e. The van der Waals surface area contributed by atoms with E-state index in [9.17, 15) is 0 Å². The summed E-state index contributed by atoms with van der Waals surface area (Å²) in [5.41, 5.74) is 1.30. The number of hydrogen-bond acceptors (Lipinski definition) is 3. The van der Waals surface area contributed by atoms with E-state index in [-0.39, 0.29) is 0 Å². The lowest BCUT2D eigenvalue weighted by Gasteiger charge is -2.31. The molecule has 0 amide bonds. The number of nitrogens with zero attached hydrogens (tertiary/aromatic N) is 1. The maximum absolute atomic E-state index is 5.34. The van der Waals surface area contributed by atoms with Crippen molar-refractivity contribution in [3.63, 3.8) is 0 Å². The van der Waals surface area contributed by atoms with Gasteiger partial charge in [-0.2, -0.15) is 0 Å². The van der Waals surface area contributed by atoms with Gasteiger partial charge in [0.2, 0.25) is 0 Å². The number of nitrogens with one attached hydrogen (secondary N) is 1. The van der Waals surface area contributed by atoms with Crippen LogP contribution in [0.3, 0.4) is 0 Å². The maximum atomic E-state index is 5.34. The Kier molecular flexibility index (Phi) is 5.44. The van der Waals surface area contributed by atoms with Crippen LogP contribution in [-0.2, 0) is 0 Å². The van der Waals surface area contributed by atoms with E-state index in [1.807, 2.05) is 13.1 Å². The zero-order valence-corrected chi connectivity index (χ0v) is 13.2. The fourth-order valence-corrected chi connectivity index (χ4v) is 2.58. The van der Waals surface area contributed by atoms with E-state index in [1.165, 1.54) is 24.9 Å². The number of likely N-dealkylation sites (N-methyl/N-ethyl adjacent to an activating group) is 1. The molecule has 1 fully saturated rings. The number of rotatable bonds is 8. The Hall–Kier alpha value is -1.06. The first-order chi connectivity index (χ1) is 9.63. The van der Waals surface area contributed by atoms with Crippen LogP contribution in [0.5, 0.6) is 5.75 Å². The molecule has 1 unspecified atom stereocenters. The summed E-state index contributed by atoms with van der Waals surface area (Å²) < 4.78 is 5.34. The predicted molar refractivity (Wildman–Crippen MR) is 84.2 cm³/mol. The quantitative estimate of drug-likeness (QED) is 0.789. The van der Waals surface area contributed by atoms with Gasteiger partial charge >= 0.3 is 0 Å². The molecular weight excluding hydrogens is 248 g/mol. The summed E-state index contributed by atoms with van der Waals surface area (Å²) in [6, 6.07) is 9.33. The largest absolute Gasteiger partial charge is 0.497 e. The van der Waals surface area contributed by atoms with Gasteiger partial charge in [-0.15, -0.1) is 0 Å². The average molecular weight is 276 g/mol. The molecule has 0 bridgehead atoms. The van der Waals surface area contributed by atoms with Crippen LogP contribution in [-0.4, -0.2) is 38.2 Å². The van der Waals surface area contributed by atoms with Gasteiger partial charge in [0.05, 0.1) is 7.11 Å². The van der Waals surface area contributed by atoms with E-state index in [2.05, 4.69) is 42.3 Å². The normalized spacial score (nSPS) is 16.7. The van der Waals surface area contributed by atoms with Crippen LogP contribution in [0.15, 0.2) is 24.3 Å². The van der Waals surface area contributed by atoms with Crippen molar-refractivity contribution < 1.29 is 4.74 Å². The molecule has 0 spiro atoms. The highest BCUT2D eigenvalue weighted by molar-refractivity contribution is 5.30. The van der Waals surface area contributed by atoms with Gasteiger partial charge in [0.25, 0.3) is 0 Å². The summed E-state index contributed by atoms with van der Waals surface area (Å²) in [6.45, 7) is 6.87. The molecule has 0 heterocycles. The highest BCUT2D eigenvalue weighted by Gasteiger charge is 2.27. The van der Waals surface area contributed by atoms with Crippen molar-refractivity contribution >= 4 is 0 Å². The molecule has 0 saturated heterocycles. The first kappa shape index (κ1) is 15.3. The van der Waals surface area contributed by atoms with E-state index < -0.39 is 0 Å². The molecule has 0 radical (unpaired) electrons. The van der Waals surface area contributed by atoms with Gasteiger partial charge in [-0.3, -0.25) is 4.90 Å². The fourth-order valence-electron chi connectivity index (χ4n) is 2.58. The van der Waals surface area contributed by atoms with Crippen molar-refractivity contribution in [3.05, 3.63) is 29.8 Å². The molecule has 2 rings (SSSR count). The Morgan fingerprint density at radius 2 is 2.10 bits per heavy atom. The van der Waals surface area contributed by atoms with E-state index in [1.54, 1.807) is 7.11 Å². The second-order valence-electron chi connectivity index (χ2n) is 6.11. The van der Waals surface area contributed by atoms with E-state index >= 15 is 0 Å². The van der Waals surface area contributed by atoms with Crippen molar-refractivity contribution in [2.45, 2.75) is 38.8 Å². The molecule has 1 aromatic rings. The van der Waals surface area contributed by atoms with Crippen LogP contribution in [0.1, 0.15) is 38.3 Å². The van der Waals surface area contributed by atoms with E-state index in [0.29, 0.717) is 12.1 Å². The molecule has 1 aliphatic carbocycles.